The fourth-order valence-corrected chi connectivity index (χ4v) is 0.976. The number of anilines is 2. The molecule has 0 radical (unpaired) electrons. The van der Waals surface area contributed by atoms with Crippen LogP contribution in [0, 0.1) is 0 Å². The summed E-state index contributed by atoms with van der Waals surface area (Å²) in [5, 5.41) is 5.02. The van der Waals surface area contributed by atoms with Crippen molar-refractivity contribution in [2.45, 2.75) is 6.92 Å². The van der Waals surface area contributed by atoms with Gasteiger partial charge in [-0.3, -0.25) is 9.59 Å². The van der Waals surface area contributed by atoms with Crippen LogP contribution < -0.4 is 16.4 Å². The van der Waals surface area contributed by atoms with Gasteiger partial charge in [0.1, 0.15) is 0 Å². The van der Waals surface area contributed by atoms with Gasteiger partial charge in [-0.15, -0.1) is 0 Å². The zero-order chi connectivity index (χ0) is 11.3. The van der Waals surface area contributed by atoms with Gasteiger partial charge in [0.15, 0.2) is 0 Å². The minimum absolute atomic E-state index is 0.0281. The van der Waals surface area contributed by atoms with Gasteiger partial charge in [-0.25, -0.2) is 0 Å². The second-order valence-electron chi connectivity index (χ2n) is 3.08. The molecule has 0 aliphatic heterocycles. The van der Waals surface area contributed by atoms with Crippen molar-refractivity contribution in [3.8, 4) is 0 Å². The zero-order valence-corrected chi connectivity index (χ0v) is 8.41. The summed E-state index contributed by atoms with van der Waals surface area (Å²) in [6.45, 7) is 1.33. The molecule has 15 heavy (non-hydrogen) atoms. The van der Waals surface area contributed by atoms with Crippen molar-refractivity contribution in [2.75, 3.05) is 17.6 Å². The number of benzene rings is 1. The van der Waals surface area contributed by atoms with Crippen molar-refractivity contribution in [2.24, 2.45) is 0 Å². The van der Waals surface area contributed by atoms with Crippen molar-refractivity contribution in [1.82, 2.24) is 5.32 Å². The zero-order valence-electron chi connectivity index (χ0n) is 8.41. The summed E-state index contributed by atoms with van der Waals surface area (Å²) in [5.74, 6) is -0.502. The number of hydrogen-bond donors (Lipinski definition) is 3. The SMILES string of the molecule is CC(=O)NCC(=O)Nc1ccc(N)cc1. The highest BCUT2D eigenvalue weighted by atomic mass is 16.2. The van der Waals surface area contributed by atoms with Crippen molar-refractivity contribution >= 4 is 23.2 Å². The van der Waals surface area contributed by atoms with Gasteiger partial charge in [0, 0.05) is 18.3 Å². The van der Waals surface area contributed by atoms with Gasteiger partial charge in [-0.2, -0.15) is 0 Å². The number of nitrogens with two attached hydrogens (primary N) is 1. The third-order valence-corrected chi connectivity index (χ3v) is 1.69. The lowest BCUT2D eigenvalue weighted by atomic mass is 10.3. The van der Waals surface area contributed by atoms with E-state index in [2.05, 4.69) is 10.6 Å². The van der Waals surface area contributed by atoms with E-state index in [1.165, 1.54) is 6.92 Å². The van der Waals surface area contributed by atoms with Gasteiger partial charge in [0.05, 0.1) is 6.54 Å². The lowest BCUT2D eigenvalue weighted by Gasteiger charge is -2.05. The van der Waals surface area contributed by atoms with Gasteiger partial charge in [0.25, 0.3) is 0 Å². The molecule has 1 rings (SSSR count). The number of carbonyl (C=O) groups is 2. The van der Waals surface area contributed by atoms with E-state index in [4.69, 9.17) is 5.73 Å². The highest BCUT2D eigenvalue weighted by Crippen LogP contribution is 2.09. The quantitative estimate of drug-likeness (QED) is 0.625. The summed E-state index contributed by atoms with van der Waals surface area (Å²) in [5.41, 5.74) is 6.77. The average molecular weight is 207 g/mol. The predicted molar refractivity (Wildman–Crippen MR) is 58.2 cm³/mol. The monoisotopic (exact) mass is 207 g/mol. The molecular weight excluding hydrogens is 194 g/mol. The van der Waals surface area contributed by atoms with Crippen LogP contribution in [0.15, 0.2) is 24.3 Å². The molecule has 1 aromatic carbocycles. The molecule has 0 unspecified atom stereocenters. The summed E-state index contributed by atoms with van der Waals surface area (Å²) >= 11 is 0. The van der Waals surface area contributed by atoms with E-state index in [1.807, 2.05) is 0 Å². The van der Waals surface area contributed by atoms with E-state index in [1.54, 1.807) is 24.3 Å². The Morgan fingerprint density at radius 1 is 1.27 bits per heavy atom. The van der Waals surface area contributed by atoms with Crippen molar-refractivity contribution < 1.29 is 9.59 Å². The third-order valence-electron chi connectivity index (χ3n) is 1.69. The van der Waals surface area contributed by atoms with Gasteiger partial charge < -0.3 is 16.4 Å². The van der Waals surface area contributed by atoms with Crippen LogP contribution in [0.5, 0.6) is 0 Å². The summed E-state index contributed by atoms with van der Waals surface area (Å²) in [4.78, 5) is 21.8. The minimum Gasteiger partial charge on any atom is -0.399 e. The van der Waals surface area contributed by atoms with Crippen LogP contribution in [0.2, 0.25) is 0 Å². The molecule has 0 saturated heterocycles. The largest absolute Gasteiger partial charge is 0.399 e. The van der Waals surface area contributed by atoms with E-state index in [0.717, 1.165) is 0 Å². The molecule has 5 nitrogen and oxygen atoms in total. The van der Waals surface area contributed by atoms with Gasteiger partial charge in [-0.1, -0.05) is 0 Å². The van der Waals surface area contributed by atoms with Crippen LogP contribution >= 0.6 is 0 Å². The molecule has 0 heterocycles. The number of hydrogen-bond acceptors (Lipinski definition) is 3. The number of rotatable bonds is 3. The molecule has 0 spiro atoms. The molecule has 2 amide bonds. The lowest BCUT2D eigenvalue weighted by molar-refractivity contribution is -0.122. The average Bonchev–Trinajstić information content (AvgIpc) is 2.19. The number of nitrogen functional groups attached to an aromatic ring is 1. The van der Waals surface area contributed by atoms with Crippen LogP contribution in [0.1, 0.15) is 6.92 Å². The second-order valence-corrected chi connectivity index (χ2v) is 3.08. The first-order valence-corrected chi connectivity index (χ1v) is 4.48. The maximum atomic E-state index is 11.2. The molecule has 0 fully saturated rings. The van der Waals surface area contributed by atoms with Crippen molar-refractivity contribution in [3.63, 3.8) is 0 Å². The molecule has 1 aromatic rings. The minimum atomic E-state index is -0.269. The molecule has 0 aliphatic carbocycles. The van der Waals surface area contributed by atoms with Crippen molar-refractivity contribution in [3.05, 3.63) is 24.3 Å². The Labute approximate surface area is 87.7 Å². The standard InChI is InChI=1S/C10H13N3O2/c1-7(14)12-6-10(15)13-9-4-2-8(11)3-5-9/h2-5H,6,11H2,1H3,(H,12,14)(H,13,15). The highest BCUT2D eigenvalue weighted by Gasteiger charge is 2.02. The Bertz CT molecular complexity index is 359. The van der Waals surface area contributed by atoms with Gasteiger partial charge >= 0.3 is 0 Å². The maximum Gasteiger partial charge on any atom is 0.243 e. The normalized spacial score (nSPS) is 9.40. The van der Waals surface area contributed by atoms with Gasteiger partial charge in [0.2, 0.25) is 11.8 Å². The topological polar surface area (TPSA) is 84.2 Å². The third kappa shape index (κ3) is 4.12. The summed E-state index contributed by atoms with van der Waals surface area (Å²) in [7, 11) is 0. The molecule has 4 N–H and O–H groups in total. The molecule has 5 heteroatoms. The van der Waals surface area contributed by atoms with Crippen LogP contribution in [-0.2, 0) is 9.59 Å². The summed E-state index contributed by atoms with van der Waals surface area (Å²) in [6, 6.07) is 6.77. The summed E-state index contributed by atoms with van der Waals surface area (Å²) in [6.07, 6.45) is 0. The van der Waals surface area contributed by atoms with E-state index in [0.29, 0.717) is 11.4 Å². The Kier molecular flexibility index (Phi) is 3.68. The second kappa shape index (κ2) is 4.99. The lowest BCUT2D eigenvalue weighted by Crippen LogP contribution is -2.31. The van der Waals surface area contributed by atoms with Crippen molar-refractivity contribution in [1.29, 1.82) is 0 Å². The van der Waals surface area contributed by atoms with Crippen LogP contribution in [0.3, 0.4) is 0 Å². The number of nitrogens with one attached hydrogen (secondary N) is 2. The Morgan fingerprint density at radius 2 is 1.87 bits per heavy atom. The van der Waals surface area contributed by atoms with E-state index in [9.17, 15) is 9.59 Å². The Hall–Kier alpha value is -2.04. The predicted octanol–water partition coefficient (Wildman–Crippen LogP) is 0.343. The first-order chi connectivity index (χ1) is 7.08. The molecular formula is C10H13N3O2. The van der Waals surface area contributed by atoms with E-state index < -0.39 is 0 Å². The van der Waals surface area contributed by atoms with Crippen LogP contribution in [0.25, 0.3) is 0 Å². The fourth-order valence-electron chi connectivity index (χ4n) is 0.976. The Morgan fingerprint density at radius 3 is 2.40 bits per heavy atom. The summed E-state index contributed by atoms with van der Waals surface area (Å²) < 4.78 is 0. The number of carbonyl (C=O) groups excluding carboxylic acids is 2. The first kappa shape index (κ1) is 11.0. The van der Waals surface area contributed by atoms with Crippen LogP contribution in [-0.4, -0.2) is 18.4 Å². The number of amides is 2. The van der Waals surface area contributed by atoms with Gasteiger partial charge in [-0.05, 0) is 24.3 Å². The molecule has 0 saturated carbocycles. The van der Waals surface area contributed by atoms with E-state index in [-0.39, 0.29) is 18.4 Å². The molecule has 0 atom stereocenters. The Balaban J connectivity index is 2.44. The maximum absolute atomic E-state index is 11.2. The van der Waals surface area contributed by atoms with Crippen LogP contribution in [0.4, 0.5) is 11.4 Å². The smallest absolute Gasteiger partial charge is 0.243 e. The first-order valence-electron chi connectivity index (χ1n) is 4.48. The molecule has 80 valence electrons. The molecule has 0 aromatic heterocycles. The molecule has 0 aliphatic rings. The fraction of sp³-hybridized carbons (Fsp3) is 0.200. The highest BCUT2D eigenvalue weighted by molar-refractivity contribution is 5.94. The molecule has 0 bridgehead atoms. The van der Waals surface area contributed by atoms with E-state index >= 15 is 0 Å².